The molecule has 0 saturated heterocycles. The highest BCUT2D eigenvalue weighted by atomic mass is 35.5. The second-order valence-electron chi connectivity index (χ2n) is 4.11. The first-order valence-electron chi connectivity index (χ1n) is 6.18. The minimum Gasteiger partial charge on any atom is -0.378 e. The third-order valence-electron chi connectivity index (χ3n) is 2.67. The summed E-state index contributed by atoms with van der Waals surface area (Å²) in [6, 6.07) is 3.58. The van der Waals surface area contributed by atoms with Crippen LogP contribution in [0.3, 0.4) is 0 Å². The number of halogens is 1. The molecule has 2 aromatic heterocycles. The maximum atomic E-state index is 11.5. The molecule has 0 spiro atoms. The van der Waals surface area contributed by atoms with Crippen molar-refractivity contribution in [1.82, 2.24) is 9.97 Å². The largest absolute Gasteiger partial charge is 0.378 e. The summed E-state index contributed by atoms with van der Waals surface area (Å²) in [5.74, 6) is 0.00302. The molecule has 0 fully saturated rings. The maximum Gasteiger partial charge on any atom is 0.225 e. The molecule has 0 bridgehead atoms. The van der Waals surface area contributed by atoms with Gasteiger partial charge in [0.1, 0.15) is 5.15 Å². The van der Waals surface area contributed by atoms with Gasteiger partial charge < -0.3 is 5.32 Å². The van der Waals surface area contributed by atoms with Gasteiger partial charge in [0.2, 0.25) is 5.91 Å². The normalized spacial score (nSPS) is 10.3. The number of hydrogen-bond acceptors (Lipinski definition) is 5. The van der Waals surface area contributed by atoms with E-state index < -0.39 is 0 Å². The van der Waals surface area contributed by atoms with Crippen molar-refractivity contribution in [1.29, 1.82) is 0 Å². The van der Waals surface area contributed by atoms with Crippen LogP contribution < -0.4 is 10.2 Å². The Morgan fingerprint density at radius 2 is 2.30 bits per heavy atom. The van der Waals surface area contributed by atoms with Crippen molar-refractivity contribution in [3.05, 3.63) is 34.6 Å². The zero-order valence-electron chi connectivity index (χ0n) is 11.3. The number of nitrogens with one attached hydrogen (secondary N) is 1. The second-order valence-corrected chi connectivity index (χ2v) is 5.33. The van der Waals surface area contributed by atoms with Crippen LogP contribution in [0.2, 0.25) is 5.15 Å². The van der Waals surface area contributed by atoms with E-state index in [2.05, 4.69) is 15.3 Å². The Hall–Kier alpha value is -1.66. The van der Waals surface area contributed by atoms with E-state index in [-0.39, 0.29) is 5.91 Å². The van der Waals surface area contributed by atoms with Crippen LogP contribution in [0.1, 0.15) is 19.5 Å². The van der Waals surface area contributed by atoms with Gasteiger partial charge in [-0.2, -0.15) is 0 Å². The fourth-order valence-electron chi connectivity index (χ4n) is 1.67. The van der Waals surface area contributed by atoms with Crippen LogP contribution in [0, 0.1) is 0 Å². The zero-order valence-corrected chi connectivity index (χ0v) is 12.8. The van der Waals surface area contributed by atoms with Crippen molar-refractivity contribution in [2.75, 3.05) is 16.8 Å². The van der Waals surface area contributed by atoms with Crippen LogP contribution in [-0.2, 0) is 11.3 Å². The van der Waals surface area contributed by atoms with Crippen LogP contribution >= 0.6 is 22.9 Å². The van der Waals surface area contributed by atoms with E-state index in [4.69, 9.17) is 11.6 Å². The fourth-order valence-corrected chi connectivity index (χ4v) is 2.71. The van der Waals surface area contributed by atoms with E-state index in [1.54, 1.807) is 24.1 Å². The fraction of sp³-hybridized carbons (Fsp3) is 0.308. The Bertz CT molecular complexity index is 584. The van der Waals surface area contributed by atoms with Gasteiger partial charge in [-0.1, -0.05) is 11.6 Å². The van der Waals surface area contributed by atoms with Crippen molar-refractivity contribution in [3.8, 4) is 0 Å². The summed E-state index contributed by atoms with van der Waals surface area (Å²) in [6.07, 6.45) is 1.67. The SMILES string of the molecule is CCN(C(C)=O)c1nc(CNc2ccc(Cl)nc2)cs1. The van der Waals surface area contributed by atoms with E-state index in [1.165, 1.54) is 11.3 Å². The summed E-state index contributed by atoms with van der Waals surface area (Å²) >= 11 is 7.19. The van der Waals surface area contributed by atoms with Gasteiger partial charge in [0.25, 0.3) is 0 Å². The Kier molecular flexibility index (Phi) is 4.92. The van der Waals surface area contributed by atoms with Gasteiger partial charge in [-0.05, 0) is 19.1 Å². The minimum absolute atomic E-state index is 0.00302. The van der Waals surface area contributed by atoms with Crippen LogP contribution in [0.25, 0.3) is 0 Å². The number of carbonyl (C=O) groups is 1. The highest BCUT2D eigenvalue weighted by Gasteiger charge is 2.13. The molecule has 20 heavy (non-hydrogen) atoms. The molecular weight excluding hydrogens is 296 g/mol. The number of hydrogen-bond donors (Lipinski definition) is 1. The van der Waals surface area contributed by atoms with E-state index in [1.807, 2.05) is 18.4 Å². The zero-order chi connectivity index (χ0) is 14.5. The third kappa shape index (κ3) is 3.68. The number of carbonyl (C=O) groups excluding carboxylic acids is 1. The van der Waals surface area contributed by atoms with E-state index in [9.17, 15) is 4.79 Å². The Morgan fingerprint density at radius 1 is 1.50 bits per heavy atom. The molecule has 0 saturated carbocycles. The average Bonchev–Trinajstić information content (AvgIpc) is 2.87. The van der Waals surface area contributed by atoms with Gasteiger partial charge in [0.05, 0.1) is 24.1 Å². The van der Waals surface area contributed by atoms with Crippen molar-refractivity contribution < 1.29 is 4.79 Å². The van der Waals surface area contributed by atoms with E-state index >= 15 is 0 Å². The highest BCUT2D eigenvalue weighted by molar-refractivity contribution is 7.14. The minimum atomic E-state index is 0.00302. The lowest BCUT2D eigenvalue weighted by Gasteiger charge is -2.14. The van der Waals surface area contributed by atoms with Crippen molar-refractivity contribution in [2.45, 2.75) is 20.4 Å². The molecular formula is C13H15ClN4OS. The van der Waals surface area contributed by atoms with Crippen LogP contribution in [0.4, 0.5) is 10.8 Å². The Labute approximate surface area is 126 Å². The monoisotopic (exact) mass is 310 g/mol. The standard InChI is InChI=1S/C13H15ClN4OS/c1-3-18(9(2)19)13-17-11(8-20-13)7-15-10-4-5-12(14)16-6-10/h4-6,8,15H,3,7H2,1-2H3. The van der Waals surface area contributed by atoms with Gasteiger partial charge in [-0.3, -0.25) is 9.69 Å². The molecule has 2 heterocycles. The highest BCUT2D eigenvalue weighted by Crippen LogP contribution is 2.21. The summed E-state index contributed by atoms with van der Waals surface area (Å²) in [6.45, 7) is 4.67. The lowest BCUT2D eigenvalue weighted by molar-refractivity contribution is -0.116. The Balaban J connectivity index is 1.99. The molecule has 1 N–H and O–H groups in total. The average molecular weight is 311 g/mol. The third-order valence-corrected chi connectivity index (χ3v) is 3.80. The predicted octanol–water partition coefficient (Wildman–Crippen LogP) is 3.18. The molecule has 0 aliphatic heterocycles. The van der Waals surface area contributed by atoms with Crippen molar-refractivity contribution >= 4 is 39.7 Å². The molecule has 2 rings (SSSR count). The van der Waals surface area contributed by atoms with E-state index in [0.29, 0.717) is 18.2 Å². The number of rotatable bonds is 5. The van der Waals surface area contributed by atoms with Crippen molar-refractivity contribution in [3.63, 3.8) is 0 Å². The number of amides is 1. The quantitative estimate of drug-likeness (QED) is 0.862. The molecule has 1 amide bonds. The van der Waals surface area contributed by atoms with Crippen LogP contribution in [-0.4, -0.2) is 22.4 Å². The summed E-state index contributed by atoms with van der Waals surface area (Å²) in [7, 11) is 0. The first-order valence-corrected chi connectivity index (χ1v) is 7.44. The van der Waals surface area contributed by atoms with Gasteiger partial charge in [0.15, 0.2) is 5.13 Å². The van der Waals surface area contributed by atoms with Crippen LogP contribution in [0.15, 0.2) is 23.7 Å². The summed E-state index contributed by atoms with van der Waals surface area (Å²) in [5.41, 5.74) is 1.77. The smallest absolute Gasteiger partial charge is 0.225 e. The lowest BCUT2D eigenvalue weighted by atomic mass is 10.4. The maximum absolute atomic E-state index is 11.5. The lowest BCUT2D eigenvalue weighted by Crippen LogP contribution is -2.27. The topological polar surface area (TPSA) is 58.1 Å². The van der Waals surface area contributed by atoms with Gasteiger partial charge >= 0.3 is 0 Å². The molecule has 0 radical (unpaired) electrons. The summed E-state index contributed by atoms with van der Waals surface area (Å²) < 4.78 is 0. The number of thiazole rings is 1. The molecule has 5 nitrogen and oxygen atoms in total. The molecule has 2 aromatic rings. The van der Waals surface area contributed by atoms with Gasteiger partial charge in [-0.25, -0.2) is 9.97 Å². The molecule has 0 aromatic carbocycles. The second kappa shape index (κ2) is 6.67. The summed E-state index contributed by atoms with van der Waals surface area (Å²) in [5, 5.41) is 6.34. The molecule has 0 unspecified atom stereocenters. The van der Waals surface area contributed by atoms with Gasteiger partial charge in [-0.15, -0.1) is 11.3 Å². The number of nitrogens with zero attached hydrogens (tertiary/aromatic N) is 3. The molecule has 0 aliphatic rings. The number of aromatic nitrogens is 2. The molecule has 0 atom stereocenters. The first kappa shape index (κ1) is 14.7. The van der Waals surface area contributed by atoms with E-state index in [0.717, 1.165) is 16.5 Å². The van der Waals surface area contributed by atoms with Gasteiger partial charge in [0, 0.05) is 18.8 Å². The predicted molar refractivity (Wildman–Crippen MR) is 82.4 cm³/mol. The number of anilines is 2. The molecule has 7 heteroatoms. The van der Waals surface area contributed by atoms with Crippen molar-refractivity contribution in [2.24, 2.45) is 0 Å². The van der Waals surface area contributed by atoms with Crippen LogP contribution in [0.5, 0.6) is 0 Å². The Morgan fingerprint density at radius 3 is 2.90 bits per heavy atom. The summed E-state index contributed by atoms with van der Waals surface area (Å²) in [4.78, 5) is 21.5. The first-order chi connectivity index (χ1) is 9.60. The molecule has 106 valence electrons. The number of pyridine rings is 1. The molecule has 0 aliphatic carbocycles.